The summed E-state index contributed by atoms with van der Waals surface area (Å²) in [7, 11) is 0. The van der Waals surface area contributed by atoms with E-state index in [1.807, 2.05) is 13.8 Å². The molecule has 0 atom stereocenters. The van der Waals surface area contributed by atoms with Gasteiger partial charge in [-0.3, -0.25) is 0 Å². The smallest absolute Gasteiger partial charge is 0.156 e. The third-order valence-corrected chi connectivity index (χ3v) is 0.498. The van der Waals surface area contributed by atoms with E-state index in [1.165, 1.54) is 0 Å². The zero-order chi connectivity index (χ0) is 5.86. The molecule has 0 aromatic rings. The van der Waals surface area contributed by atoms with Gasteiger partial charge in [0, 0.05) is 36.5 Å². The Morgan fingerprint density at radius 2 is 1.88 bits per heavy atom. The Hall–Kier alpha value is 0.890. The van der Waals surface area contributed by atoms with Crippen LogP contribution in [-0.4, -0.2) is 40.7 Å². The maximum absolute atomic E-state index is 4.98. The zero-order valence-corrected chi connectivity index (χ0v) is 8.71. The van der Waals surface area contributed by atoms with E-state index >= 15 is 0 Å². The second-order valence-electron chi connectivity index (χ2n) is 1.66. The largest absolute Gasteiger partial charge is 0.485 e. The van der Waals surface area contributed by atoms with E-state index in [-0.39, 0.29) is 35.7 Å². The summed E-state index contributed by atoms with van der Waals surface area (Å²) >= 11 is 4.65. The normalized spacial score (nSPS) is 8.00. The van der Waals surface area contributed by atoms with E-state index in [0.717, 1.165) is 0 Å². The Labute approximate surface area is 78.1 Å². The molecule has 0 bridgehead atoms. The zero-order valence-electron chi connectivity index (χ0n) is 5.89. The van der Waals surface area contributed by atoms with Gasteiger partial charge < -0.3 is 4.74 Å². The summed E-state index contributed by atoms with van der Waals surface area (Å²) in [5.41, 5.74) is 0. The van der Waals surface area contributed by atoms with Gasteiger partial charge in [0.1, 0.15) is 0 Å². The van der Waals surface area contributed by atoms with Gasteiger partial charge in [0.15, 0.2) is 5.05 Å². The third kappa shape index (κ3) is 10.00. The van der Waals surface area contributed by atoms with Crippen LogP contribution >= 0.6 is 12.2 Å². The molecule has 0 saturated heterocycles. The maximum Gasteiger partial charge on any atom is 0.156 e. The van der Waals surface area contributed by atoms with Gasteiger partial charge in [-0.15, -0.1) is 0 Å². The van der Waals surface area contributed by atoms with E-state index in [2.05, 4.69) is 12.2 Å². The van der Waals surface area contributed by atoms with Crippen molar-refractivity contribution in [3.05, 3.63) is 0 Å². The van der Waals surface area contributed by atoms with Crippen LogP contribution in [-0.2, 0) is 4.74 Å². The van der Waals surface area contributed by atoms with Crippen LogP contribution in [0.5, 0.6) is 0 Å². The Bertz CT molecular complexity index is 72.8. The number of hydrogen-bond donors (Lipinski definition) is 0. The quantitative estimate of drug-likeness (QED) is 0.403. The Morgan fingerprint density at radius 3 is 1.88 bits per heavy atom. The van der Waals surface area contributed by atoms with Crippen LogP contribution in [0, 0.1) is 0 Å². The molecule has 0 aliphatic rings. The van der Waals surface area contributed by atoms with Crippen molar-refractivity contribution in [3.63, 3.8) is 0 Å². The van der Waals surface area contributed by atoms with Gasteiger partial charge in [0.05, 0.1) is 6.10 Å². The van der Waals surface area contributed by atoms with Crippen molar-refractivity contribution in [1.29, 1.82) is 0 Å². The summed E-state index contributed by atoms with van der Waals surface area (Å²) in [4.78, 5) is 0. The van der Waals surface area contributed by atoms with Gasteiger partial charge in [0.2, 0.25) is 0 Å². The van der Waals surface area contributed by atoms with Crippen LogP contribution in [0.15, 0.2) is 0 Å². The monoisotopic (exact) mass is 141 g/mol. The first-order chi connectivity index (χ1) is 3.13. The van der Waals surface area contributed by atoms with Crippen molar-refractivity contribution in [1.82, 2.24) is 0 Å². The topological polar surface area (TPSA) is 9.23 Å². The molecular formula is C5H10NaOS. The first kappa shape index (κ1) is 11.7. The van der Waals surface area contributed by atoms with Crippen molar-refractivity contribution < 1.29 is 4.74 Å². The second kappa shape index (κ2) is 6.02. The van der Waals surface area contributed by atoms with Crippen molar-refractivity contribution in [2.75, 3.05) is 0 Å². The molecule has 1 radical (unpaired) electrons. The van der Waals surface area contributed by atoms with E-state index in [0.29, 0.717) is 5.05 Å². The molecular weight excluding hydrogens is 131 g/mol. The van der Waals surface area contributed by atoms with Crippen molar-refractivity contribution in [2.45, 2.75) is 26.9 Å². The molecule has 0 aliphatic carbocycles. The molecule has 0 saturated carbocycles. The van der Waals surface area contributed by atoms with Crippen LogP contribution in [0.25, 0.3) is 0 Å². The van der Waals surface area contributed by atoms with Crippen LogP contribution in [0.4, 0.5) is 0 Å². The molecule has 0 amide bonds. The van der Waals surface area contributed by atoms with E-state index in [9.17, 15) is 0 Å². The first-order valence-corrected chi connectivity index (χ1v) is 2.71. The molecule has 0 spiro atoms. The van der Waals surface area contributed by atoms with Crippen molar-refractivity contribution in [2.24, 2.45) is 0 Å². The number of hydrogen-bond acceptors (Lipinski definition) is 2. The number of thiocarbonyl (C=S) groups is 1. The summed E-state index contributed by atoms with van der Waals surface area (Å²) in [5.74, 6) is 0. The van der Waals surface area contributed by atoms with E-state index in [4.69, 9.17) is 4.74 Å². The first-order valence-electron chi connectivity index (χ1n) is 2.30. The van der Waals surface area contributed by atoms with Gasteiger partial charge in [0.25, 0.3) is 0 Å². The van der Waals surface area contributed by atoms with Gasteiger partial charge in [-0.1, -0.05) is 0 Å². The Kier molecular flexibility index (Phi) is 8.77. The van der Waals surface area contributed by atoms with Gasteiger partial charge >= 0.3 is 0 Å². The maximum atomic E-state index is 4.98. The molecule has 0 rings (SSSR count). The minimum Gasteiger partial charge on any atom is -0.485 e. The molecule has 0 aliphatic heterocycles. The number of rotatable bonds is 1. The molecule has 0 N–H and O–H groups in total. The molecule has 8 heavy (non-hydrogen) atoms. The summed E-state index contributed by atoms with van der Waals surface area (Å²) in [6.45, 7) is 5.68. The predicted molar refractivity (Wildman–Crippen MR) is 40.2 cm³/mol. The van der Waals surface area contributed by atoms with Crippen LogP contribution < -0.4 is 0 Å². The fourth-order valence-electron chi connectivity index (χ4n) is 0.332. The fourth-order valence-corrected chi connectivity index (χ4v) is 0.524. The van der Waals surface area contributed by atoms with Crippen molar-refractivity contribution in [3.8, 4) is 0 Å². The molecule has 0 heterocycles. The third-order valence-electron chi connectivity index (χ3n) is 0.402. The van der Waals surface area contributed by atoms with Crippen LogP contribution in [0.1, 0.15) is 20.8 Å². The summed E-state index contributed by atoms with van der Waals surface area (Å²) in [5, 5.41) is 0.620. The minimum atomic E-state index is 0. The van der Waals surface area contributed by atoms with Crippen molar-refractivity contribution >= 4 is 46.8 Å². The average molecular weight is 141 g/mol. The molecule has 3 heteroatoms. The molecule has 43 valence electrons. The SMILES string of the molecule is CC(=S)OC(C)C.[Na]. The fraction of sp³-hybridized carbons (Fsp3) is 0.800. The van der Waals surface area contributed by atoms with Gasteiger partial charge in [-0.25, -0.2) is 0 Å². The number of ether oxygens (including phenoxy) is 1. The summed E-state index contributed by atoms with van der Waals surface area (Å²) < 4.78 is 4.98. The van der Waals surface area contributed by atoms with Crippen LogP contribution in [0.2, 0.25) is 0 Å². The molecule has 0 unspecified atom stereocenters. The predicted octanol–water partition coefficient (Wildman–Crippen LogP) is 1.38. The minimum absolute atomic E-state index is 0. The molecule has 0 aromatic carbocycles. The molecule has 0 fully saturated rings. The summed E-state index contributed by atoms with van der Waals surface area (Å²) in [6.07, 6.45) is 0.234. The summed E-state index contributed by atoms with van der Waals surface area (Å²) in [6, 6.07) is 0. The second-order valence-corrected chi connectivity index (χ2v) is 2.23. The standard InChI is InChI=1S/C5H10OS.Na/c1-4(2)6-5(3)7;/h4H,1-3H3;. The average Bonchev–Trinajstić information content (AvgIpc) is 1.27. The molecule has 0 aromatic heterocycles. The van der Waals surface area contributed by atoms with E-state index in [1.54, 1.807) is 6.92 Å². The van der Waals surface area contributed by atoms with Crippen LogP contribution in [0.3, 0.4) is 0 Å². The van der Waals surface area contributed by atoms with Gasteiger partial charge in [-0.2, -0.15) is 0 Å². The molecule has 1 nitrogen and oxygen atoms in total. The Morgan fingerprint density at radius 1 is 1.50 bits per heavy atom. The van der Waals surface area contributed by atoms with E-state index < -0.39 is 0 Å². The Balaban J connectivity index is 0. The van der Waals surface area contributed by atoms with Gasteiger partial charge in [-0.05, 0) is 26.1 Å².